The van der Waals surface area contributed by atoms with Crippen LogP contribution < -0.4 is 0 Å². The third kappa shape index (κ3) is 2.42. The van der Waals surface area contributed by atoms with Crippen molar-refractivity contribution in [1.82, 2.24) is 0 Å². The fourth-order valence-corrected chi connectivity index (χ4v) is 1.82. The predicted molar refractivity (Wildman–Crippen MR) is 58.8 cm³/mol. The lowest BCUT2D eigenvalue weighted by molar-refractivity contribution is 0.0443. The number of Topliss-reactive ketones (excluding diaryl/α,β-unsaturated/α-hetero) is 1. The van der Waals surface area contributed by atoms with Gasteiger partial charge in [0.25, 0.3) is 0 Å². The van der Waals surface area contributed by atoms with E-state index >= 15 is 0 Å². The van der Waals surface area contributed by atoms with Gasteiger partial charge in [-0.2, -0.15) is 0 Å². The topological polar surface area (TPSA) is 37.3 Å². The Labute approximate surface area is 88.6 Å². The van der Waals surface area contributed by atoms with Gasteiger partial charge in [0.15, 0.2) is 5.78 Å². The Kier molecular flexibility index (Phi) is 3.12. The average Bonchev–Trinajstić information content (AvgIpc) is 2.47. The van der Waals surface area contributed by atoms with Crippen LogP contribution in [0.2, 0.25) is 0 Å². The highest BCUT2D eigenvalue weighted by Crippen LogP contribution is 2.24. The summed E-state index contributed by atoms with van der Waals surface area (Å²) in [6.45, 7) is 7.52. The Morgan fingerprint density at radius 2 is 2.07 bits per heavy atom. The smallest absolute Gasteiger partial charge is 0.192 e. The Morgan fingerprint density at radius 3 is 2.43 bits per heavy atom. The molecule has 78 valence electrons. The summed E-state index contributed by atoms with van der Waals surface area (Å²) < 4.78 is 0. The molecule has 2 nitrogen and oxygen atoms in total. The second-order valence-electron chi connectivity index (χ2n) is 4.58. The van der Waals surface area contributed by atoms with E-state index in [1.165, 1.54) is 11.3 Å². The summed E-state index contributed by atoms with van der Waals surface area (Å²) in [5.41, 5.74) is 0.224. The number of thiophene rings is 1. The molecule has 0 spiro atoms. The molecule has 0 fully saturated rings. The van der Waals surface area contributed by atoms with Gasteiger partial charge in [0.1, 0.15) is 6.10 Å². The zero-order valence-electron chi connectivity index (χ0n) is 9.00. The Hall–Kier alpha value is -0.670. The fourth-order valence-electron chi connectivity index (χ4n) is 1.12. The van der Waals surface area contributed by atoms with Gasteiger partial charge in [-0.15, -0.1) is 11.3 Å². The van der Waals surface area contributed by atoms with Crippen LogP contribution in [-0.4, -0.2) is 17.0 Å². The molecule has 1 N–H and O–H groups in total. The summed E-state index contributed by atoms with van der Waals surface area (Å²) in [5.74, 6) is -0.179. The van der Waals surface area contributed by atoms with Crippen LogP contribution in [0.3, 0.4) is 0 Å². The molecule has 1 aromatic heterocycles. The number of ketones is 1. The number of aliphatic hydroxyl groups is 1. The van der Waals surface area contributed by atoms with Gasteiger partial charge in [-0.25, -0.2) is 0 Å². The minimum Gasteiger partial charge on any atom is -0.384 e. The maximum Gasteiger partial charge on any atom is 0.192 e. The first-order valence-electron chi connectivity index (χ1n) is 4.60. The van der Waals surface area contributed by atoms with Gasteiger partial charge >= 0.3 is 0 Å². The van der Waals surface area contributed by atoms with Gasteiger partial charge in [-0.05, 0) is 18.4 Å². The highest BCUT2D eigenvalue weighted by atomic mass is 32.1. The van der Waals surface area contributed by atoms with E-state index in [1.54, 1.807) is 5.38 Å². The molecule has 1 unspecified atom stereocenters. The van der Waals surface area contributed by atoms with Crippen molar-refractivity contribution in [3.8, 4) is 0 Å². The van der Waals surface area contributed by atoms with Crippen molar-refractivity contribution in [2.75, 3.05) is 0 Å². The van der Waals surface area contributed by atoms with Crippen molar-refractivity contribution in [2.45, 2.75) is 33.8 Å². The highest BCUT2D eigenvalue weighted by molar-refractivity contribution is 7.10. The number of hydrogen-bond acceptors (Lipinski definition) is 3. The molecule has 0 radical (unpaired) electrons. The van der Waals surface area contributed by atoms with E-state index in [0.717, 1.165) is 4.88 Å². The lowest BCUT2D eigenvalue weighted by Crippen LogP contribution is -2.33. The van der Waals surface area contributed by atoms with Gasteiger partial charge in [-0.1, -0.05) is 20.8 Å². The Bertz CT molecular complexity index is 333. The molecular weight excluding hydrogens is 196 g/mol. The van der Waals surface area contributed by atoms with E-state index in [-0.39, 0.29) is 5.78 Å². The van der Waals surface area contributed by atoms with Crippen molar-refractivity contribution in [1.29, 1.82) is 0 Å². The summed E-state index contributed by atoms with van der Waals surface area (Å²) in [5, 5.41) is 11.6. The zero-order valence-corrected chi connectivity index (χ0v) is 9.81. The Morgan fingerprint density at radius 1 is 1.50 bits per heavy atom. The first-order valence-corrected chi connectivity index (χ1v) is 5.48. The number of aliphatic hydroxyl groups excluding tert-OH is 1. The van der Waals surface area contributed by atoms with Crippen LogP contribution in [0.15, 0.2) is 11.4 Å². The molecule has 0 saturated carbocycles. The maximum atomic E-state index is 11.8. The molecule has 1 heterocycles. The van der Waals surface area contributed by atoms with Crippen LogP contribution in [0.5, 0.6) is 0 Å². The monoisotopic (exact) mass is 212 g/mol. The van der Waals surface area contributed by atoms with E-state index in [4.69, 9.17) is 0 Å². The number of hydrogen-bond donors (Lipinski definition) is 1. The van der Waals surface area contributed by atoms with E-state index in [0.29, 0.717) is 5.56 Å². The van der Waals surface area contributed by atoms with Crippen molar-refractivity contribution in [2.24, 2.45) is 5.41 Å². The largest absolute Gasteiger partial charge is 0.384 e. The molecule has 0 bridgehead atoms. The quantitative estimate of drug-likeness (QED) is 0.765. The second-order valence-corrected chi connectivity index (χ2v) is 5.69. The van der Waals surface area contributed by atoms with E-state index in [9.17, 15) is 9.90 Å². The van der Waals surface area contributed by atoms with E-state index in [1.807, 2.05) is 33.8 Å². The van der Waals surface area contributed by atoms with Gasteiger partial charge in [0.05, 0.1) is 0 Å². The number of rotatable bonds is 2. The highest BCUT2D eigenvalue weighted by Gasteiger charge is 2.29. The summed E-state index contributed by atoms with van der Waals surface area (Å²) in [6.07, 6.45) is -0.920. The Balaban J connectivity index is 2.86. The number of carbonyl (C=O) groups is 1. The summed E-state index contributed by atoms with van der Waals surface area (Å²) in [6, 6.07) is 1.82. The maximum absolute atomic E-state index is 11.8. The molecule has 1 atom stereocenters. The molecule has 0 aliphatic rings. The molecule has 3 heteroatoms. The van der Waals surface area contributed by atoms with Crippen LogP contribution in [0, 0.1) is 12.3 Å². The van der Waals surface area contributed by atoms with Gasteiger partial charge in [0, 0.05) is 15.8 Å². The SMILES string of the molecule is Cc1cc(C(=O)C(O)C(C)(C)C)cs1. The summed E-state index contributed by atoms with van der Waals surface area (Å²) in [4.78, 5) is 12.9. The standard InChI is InChI=1S/C11H16O2S/c1-7-5-8(6-14-7)9(12)10(13)11(2,3)4/h5-6,10,13H,1-4H3. The van der Waals surface area contributed by atoms with Crippen molar-refractivity contribution < 1.29 is 9.90 Å². The van der Waals surface area contributed by atoms with Crippen LogP contribution >= 0.6 is 11.3 Å². The van der Waals surface area contributed by atoms with Crippen LogP contribution in [0.25, 0.3) is 0 Å². The minimum absolute atomic E-state index is 0.179. The first-order chi connectivity index (χ1) is 6.32. The molecule has 0 aliphatic heterocycles. The van der Waals surface area contributed by atoms with E-state index < -0.39 is 11.5 Å². The van der Waals surface area contributed by atoms with Crippen LogP contribution in [0.4, 0.5) is 0 Å². The lowest BCUT2D eigenvalue weighted by Gasteiger charge is -2.23. The first kappa shape index (κ1) is 11.4. The van der Waals surface area contributed by atoms with Gasteiger partial charge < -0.3 is 5.11 Å². The molecule has 0 aromatic carbocycles. The molecular formula is C11H16O2S. The molecule has 1 rings (SSSR count). The van der Waals surface area contributed by atoms with Crippen LogP contribution in [0.1, 0.15) is 36.0 Å². The average molecular weight is 212 g/mol. The molecule has 0 amide bonds. The third-order valence-corrected chi connectivity index (χ3v) is 2.95. The van der Waals surface area contributed by atoms with Crippen molar-refractivity contribution in [3.63, 3.8) is 0 Å². The van der Waals surface area contributed by atoms with Crippen molar-refractivity contribution in [3.05, 3.63) is 21.9 Å². The second kappa shape index (κ2) is 3.83. The zero-order chi connectivity index (χ0) is 10.9. The fraction of sp³-hybridized carbons (Fsp3) is 0.545. The molecule has 0 saturated heterocycles. The normalized spacial score (nSPS) is 14.1. The molecule has 0 aliphatic carbocycles. The van der Waals surface area contributed by atoms with Gasteiger partial charge in [-0.3, -0.25) is 4.79 Å². The summed E-state index contributed by atoms with van der Waals surface area (Å²) >= 11 is 1.53. The lowest BCUT2D eigenvalue weighted by atomic mass is 9.85. The van der Waals surface area contributed by atoms with Crippen molar-refractivity contribution >= 4 is 17.1 Å². The summed E-state index contributed by atoms with van der Waals surface area (Å²) in [7, 11) is 0. The predicted octanol–water partition coefficient (Wildman–Crippen LogP) is 2.65. The minimum atomic E-state index is -0.920. The number of carbonyl (C=O) groups excluding carboxylic acids is 1. The van der Waals surface area contributed by atoms with E-state index in [2.05, 4.69) is 0 Å². The third-order valence-electron chi connectivity index (χ3n) is 2.08. The number of aryl methyl sites for hydroxylation is 1. The van der Waals surface area contributed by atoms with Gasteiger partial charge in [0.2, 0.25) is 0 Å². The van der Waals surface area contributed by atoms with Crippen LogP contribution in [-0.2, 0) is 0 Å². The molecule has 1 aromatic rings. The molecule has 14 heavy (non-hydrogen) atoms.